The van der Waals surface area contributed by atoms with Gasteiger partial charge in [0.15, 0.2) is 0 Å². The summed E-state index contributed by atoms with van der Waals surface area (Å²) in [5, 5.41) is 0. The molecule has 1 aromatic carbocycles. The van der Waals surface area contributed by atoms with Crippen LogP contribution in [0.3, 0.4) is 0 Å². The van der Waals surface area contributed by atoms with Crippen LogP contribution in [0.4, 0.5) is 0 Å². The molecule has 2 aromatic rings. The van der Waals surface area contributed by atoms with E-state index in [1.54, 1.807) is 14.2 Å². The molecule has 1 heterocycles. The van der Waals surface area contributed by atoms with Crippen LogP contribution >= 0.6 is 22.6 Å². The van der Waals surface area contributed by atoms with Gasteiger partial charge in [0.25, 0.3) is 0 Å². The standard InChI is InChI=1S/C13H13IN2O3/c1-17-10-5-3-9(4-6-10)7-19-13-11(14)12(18-2)15-8-16-13/h3-6,8H,7H2,1-2H3. The number of nitrogens with zero attached hydrogens (tertiary/aromatic N) is 2. The predicted octanol–water partition coefficient (Wildman–Crippen LogP) is 2.68. The third-order valence-electron chi connectivity index (χ3n) is 2.45. The molecule has 0 fully saturated rings. The Morgan fingerprint density at radius 3 is 2.32 bits per heavy atom. The SMILES string of the molecule is COc1ccc(COc2ncnc(OC)c2I)cc1. The fourth-order valence-electron chi connectivity index (χ4n) is 1.45. The van der Waals surface area contributed by atoms with Gasteiger partial charge in [0.05, 0.1) is 14.2 Å². The number of ether oxygens (including phenoxy) is 3. The van der Waals surface area contributed by atoms with Gasteiger partial charge in [-0.2, -0.15) is 0 Å². The van der Waals surface area contributed by atoms with Gasteiger partial charge in [0, 0.05) is 0 Å². The van der Waals surface area contributed by atoms with Crippen LogP contribution in [0.1, 0.15) is 5.56 Å². The lowest BCUT2D eigenvalue weighted by atomic mass is 10.2. The highest BCUT2D eigenvalue weighted by Gasteiger charge is 2.10. The summed E-state index contributed by atoms with van der Waals surface area (Å²) in [5.74, 6) is 1.85. The first kappa shape index (κ1) is 13.9. The van der Waals surface area contributed by atoms with E-state index >= 15 is 0 Å². The van der Waals surface area contributed by atoms with Crippen molar-refractivity contribution in [3.63, 3.8) is 0 Å². The maximum Gasteiger partial charge on any atom is 0.234 e. The molecular weight excluding hydrogens is 359 g/mol. The van der Waals surface area contributed by atoms with Gasteiger partial charge >= 0.3 is 0 Å². The van der Waals surface area contributed by atoms with Crippen molar-refractivity contribution in [1.29, 1.82) is 0 Å². The smallest absolute Gasteiger partial charge is 0.234 e. The fourth-order valence-corrected chi connectivity index (χ4v) is 2.11. The summed E-state index contributed by atoms with van der Waals surface area (Å²) in [5.41, 5.74) is 1.04. The Balaban J connectivity index is 2.05. The van der Waals surface area contributed by atoms with Crippen molar-refractivity contribution >= 4 is 22.6 Å². The Morgan fingerprint density at radius 1 is 1.00 bits per heavy atom. The zero-order valence-corrected chi connectivity index (χ0v) is 12.7. The van der Waals surface area contributed by atoms with E-state index in [0.29, 0.717) is 18.4 Å². The fraction of sp³-hybridized carbons (Fsp3) is 0.231. The molecule has 0 aliphatic carbocycles. The molecule has 0 amide bonds. The maximum atomic E-state index is 5.66. The second-order valence-corrected chi connectivity index (χ2v) is 4.72. The molecule has 2 rings (SSSR count). The predicted molar refractivity (Wildman–Crippen MR) is 78.6 cm³/mol. The molecule has 6 heteroatoms. The normalized spacial score (nSPS) is 10.1. The van der Waals surface area contributed by atoms with Gasteiger partial charge in [-0.25, -0.2) is 9.97 Å². The summed E-state index contributed by atoms with van der Waals surface area (Å²) in [6, 6.07) is 7.68. The number of aromatic nitrogens is 2. The molecule has 0 saturated carbocycles. The highest BCUT2D eigenvalue weighted by molar-refractivity contribution is 14.1. The van der Waals surface area contributed by atoms with Crippen molar-refractivity contribution in [2.75, 3.05) is 14.2 Å². The largest absolute Gasteiger partial charge is 0.497 e. The van der Waals surface area contributed by atoms with Gasteiger partial charge in [0.1, 0.15) is 22.3 Å². The van der Waals surface area contributed by atoms with E-state index in [1.807, 2.05) is 24.3 Å². The van der Waals surface area contributed by atoms with Crippen LogP contribution in [-0.4, -0.2) is 24.2 Å². The van der Waals surface area contributed by atoms with Crippen LogP contribution in [0.25, 0.3) is 0 Å². The molecule has 0 spiro atoms. The van der Waals surface area contributed by atoms with E-state index in [2.05, 4.69) is 32.6 Å². The minimum Gasteiger partial charge on any atom is -0.497 e. The van der Waals surface area contributed by atoms with Crippen LogP contribution in [0, 0.1) is 3.57 Å². The van der Waals surface area contributed by atoms with Gasteiger partial charge < -0.3 is 14.2 Å². The Bertz CT molecular complexity index is 546. The van der Waals surface area contributed by atoms with Crippen LogP contribution in [0.5, 0.6) is 17.5 Å². The molecule has 100 valence electrons. The quantitative estimate of drug-likeness (QED) is 0.756. The van der Waals surface area contributed by atoms with Crippen molar-refractivity contribution in [1.82, 2.24) is 9.97 Å². The van der Waals surface area contributed by atoms with Gasteiger partial charge in [-0.1, -0.05) is 12.1 Å². The highest BCUT2D eigenvalue weighted by Crippen LogP contribution is 2.26. The molecule has 0 saturated heterocycles. The Kier molecular flexibility index (Phi) is 4.78. The van der Waals surface area contributed by atoms with E-state index in [9.17, 15) is 0 Å². The maximum absolute atomic E-state index is 5.66. The molecular formula is C13H13IN2O3. The van der Waals surface area contributed by atoms with Gasteiger partial charge in [-0.15, -0.1) is 0 Å². The van der Waals surface area contributed by atoms with Gasteiger partial charge in [-0.3, -0.25) is 0 Å². The number of hydrogen-bond donors (Lipinski definition) is 0. The van der Waals surface area contributed by atoms with E-state index in [4.69, 9.17) is 14.2 Å². The minimum absolute atomic E-state index is 0.431. The second-order valence-electron chi connectivity index (χ2n) is 3.64. The molecule has 5 nitrogen and oxygen atoms in total. The lowest BCUT2D eigenvalue weighted by molar-refractivity contribution is 0.285. The van der Waals surface area contributed by atoms with E-state index in [0.717, 1.165) is 14.9 Å². The molecule has 0 aliphatic rings. The van der Waals surface area contributed by atoms with Crippen molar-refractivity contribution < 1.29 is 14.2 Å². The first-order valence-corrected chi connectivity index (χ1v) is 6.62. The van der Waals surface area contributed by atoms with Crippen LogP contribution in [0.15, 0.2) is 30.6 Å². The molecule has 0 N–H and O–H groups in total. The second kappa shape index (κ2) is 6.55. The molecule has 1 aromatic heterocycles. The summed E-state index contributed by atoms with van der Waals surface area (Å²) in [6.07, 6.45) is 1.42. The molecule has 0 aliphatic heterocycles. The zero-order valence-electron chi connectivity index (χ0n) is 10.6. The number of hydrogen-bond acceptors (Lipinski definition) is 5. The highest BCUT2D eigenvalue weighted by atomic mass is 127. The lowest BCUT2D eigenvalue weighted by Gasteiger charge is -2.09. The molecule has 0 unspecified atom stereocenters. The lowest BCUT2D eigenvalue weighted by Crippen LogP contribution is -2.01. The molecule has 0 radical (unpaired) electrons. The van der Waals surface area contributed by atoms with E-state index in [-0.39, 0.29) is 0 Å². The first-order chi connectivity index (χ1) is 9.24. The van der Waals surface area contributed by atoms with Crippen LogP contribution in [-0.2, 0) is 6.61 Å². The Morgan fingerprint density at radius 2 is 1.68 bits per heavy atom. The third-order valence-corrected chi connectivity index (χ3v) is 3.38. The summed E-state index contributed by atoms with van der Waals surface area (Å²) in [6.45, 7) is 0.431. The average molecular weight is 372 g/mol. The molecule has 0 atom stereocenters. The van der Waals surface area contributed by atoms with Gasteiger partial charge in [0.2, 0.25) is 11.8 Å². The Labute approximate surface area is 125 Å². The van der Waals surface area contributed by atoms with Gasteiger partial charge in [-0.05, 0) is 40.3 Å². The summed E-state index contributed by atoms with van der Waals surface area (Å²) in [4.78, 5) is 8.09. The van der Waals surface area contributed by atoms with Crippen LogP contribution in [0.2, 0.25) is 0 Å². The summed E-state index contributed by atoms with van der Waals surface area (Å²) < 4.78 is 16.6. The minimum atomic E-state index is 0.431. The Hall–Kier alpha value is -1.57. The molecule has 19 heavy (non-hydrogen) atoms. The number of methoxy groups -OCH3 is 2. The van der Waals surface area contributed by atoms with E-state index < -0.39 is 0 Å². The topological polar surface area (TPSA) is 53.5 Å². The monoisotopic (exact) mass is 372 g/mol. The number of halogens is 1. The summed E-state index contributed by atoms with van der Waals surface area (Å²) >= 11 is 2.10. The number of rotatable bonds is 5. The first-order valence-electron chi connectivity index (χ1n) is 5.55. The van der Waals surface area contributed by atoms with Crippen LogP contribution < -0.4 is 14.2 Å². The van der Waals surface area contributed by atoms with Crippen molar-refractivity contribution in [2.24, 2.45) is 0 Å². The average Bonchev–Trinajstić information content (AvgIpc) is 2.47. The van der Waals surface area contributed by atoms with E-state index in [1.165, 1.54) is 6.33 Å². The number of benzene rings is 1. The zero-order chi connectivity index (χ0) is 13.7. The van der Waals surface area contributed by atoms with Crippen molar-refractivity contribution in [3.8, 4) is 17.5 Å². The molecule has 0 bridgehead atoms. The summed E-state index contributed by atoms with van der Waals surface area (Å²) in [7, 11) is 3.21. The van der Waals surface area contributed by atoms with Crippen molar-refractivity contribution in [3.05, 3.63) is 39.7 Å². The third kappa shape index (κ3) is 3.46. The van der Waals surface area contributed by atoms with Crippen molar-refractivity contribution in [2.45, 2.75) is 6.61 Å².